The second-order valence-electron chi connectivity index (χ2n) is 18.2. The highest BCUT2D eigenvalue weighted by Crippen LogP contribution is 2.61. The largest absolute Gasteiger partial charge is 0.510 e. The Bertz CT molecular complexity index is 1310. The van der Waals surface area contributed by atoms with Crippen LogP contribution in [0.3, 0.4) is 0 Å². The van der Waals surface area contributed by atoms with Crippen molar-refractivity contribution >= 4 is 12.1 Å². The standard InChI is InChI=1S/C19H28F6O3.C18H26F6O3/c1-10-11(2)14-7-12(10)6-13(14)8-17(18(20,21)22,19(23,24)25)27-9-15(26)28-16(3,4)5;1-9-10(2)13-7-11(9)6-12(13)8-16(17(19,20)21,18(22,23)24)27-14(25)26-15(3,4)5/h10-14H,6-9H2,1-5H3;9-13H,6-8H2,1-5H3. The van der Waals surface area contributed by atoms with Crippen molar-refractivity contribution in [3.63, 3.8) is 0 Å². The van der Waals surface area contributed by atoms with E-state index < -0.39 is 90.5 Å². The number of carbonyl (C=O) groups is 2. The van der Waals surface area contributed by atoms with Crippen LogP contribution < -0.4 is 0 Å². The number of hydrogen-bond donors (Lipinski definition) is 0. The molecule has 0 aromatic heterocycles. The molecule has 0 aromatic rings. The van der Waals surface area contributed by atoms with Crippen LogP contribution in [0.4, 0.5) is 57.5 Å². The Hall–Kier alpha value is -2.14. The summed E-state index contributed by atoms with van der Waals surface area (Å²) in [7, 11) is 0. The average molecular weight is 823 g/mol. The van der Waals surface area contributed by atoms with Gasteiger partial charge in [-0.05, 0) is 133 Å². The zero-order valence-corrected chi connectivity index (χ0v) is 32.7. The summed E-state index contributed by atoms with van der Waals surface area (Å²) in [6.45, 7) is 14.7. The second-order valence-corrected chi connectivity index (χ2v) is 18.2. The molecule has 10 atom stereocenters. The molecular weight excluding hydrogens is 768 g/mol. The van der Waals surface area contributed by atoms with Crippen molar-refractivity contribution in [2.45, 2.75) is 155 Å². The zero-order valence-electron chi connectivity index (χ0n) is 32.7. The highest BCUT2D eigenvalue weighted by molar-refractivity contribution is 5.71. The number of esters is 1. The zero-order chi connectivity index (χ0) is 42.7. The van der Waals surface area contributed by atoms with E-state index in [0.717, 1.165) is 0 Å². The number of carbonyl (C=O) groups excluding carboxylic acids is 2. The van der Waals surface area contributed by atoms with Gasteiger partial charge >= 0.3 is 42.4 Å². The van der Waals surface area contributed by atoms with Crippen LogP contribution in [0.1, 0.15) is 108 Å². The molecule has 0 aliphatic heterocycles. The van der Waals surface area contributed by atoms with Crippen LogP contribution in [0.5, 0.6) is 0 Å². The molecule has 4 saturated carbocycles. The molecule has 4 rings (SSSR count). The SMILES string of the molecule is CC1C2CC(CC(OC(=O)OC(C)(C)C)(C(F)(F)F)C(F)(F)F)C(C2)C1C.CC1C2CC(CC(OCC(=O)OC(C)(C)C)(C(F)(F)F)C(F)(F)F)C(C2)C1C. The monoisotopic (exact) mass is 822 g/mol. The predicted molar refractivity (Wildman–Crippen MR) is 174 cm³/mol. The Labute approximate surface area is 314 Å². The molecule has 18 heteroatoms. The fourth-order valence-electron chi connectivity index (χ4n) is 9.53. The third kappa shape index (κ3) is 10.1. The van der Waals surface area contributed by atoms with Gasteiger partial charge in [-0.1, -0.05) is 27.7 Å². The second kappa shape index (κ2) is 15.6. The smallest absolute Gasteiger partial charge is 0.458 e. The fourth-order valence-corrected chi connectivity index (χ4v) is 9.53. The van der Waals surface area contributed by atoms with Gasteiger partial charge in [0.2, 0.25) is 0 Å². The predicted octanol–water partition coefficient (Wildman–Crippen LogP) is 11.6. The minimum Gasteiger partial charge on any atom is -0.458 e. The molecular formula is C37H54F12O6. The van der Waals surface area contributed by atoms with E-state index in [1.165, 1.54) is 41.5 Å². The lowest BCUT2D eigenvalue weighted by atomic mass is 9.71. The molecule has 0 saturated heterocycles. The number of alkyl halides is 12. The molecule has 55 heavy (non-hydrogen) atoms. The average Bonchev–Trinajstić information content (AvgIpc) is 3.69. The molecule has 0 N–H and O–H groups in total. The Morgan fingerprint density at radius 3 is 1.13 bits per heavy atom. The molecule has 4 aliphatic rings. The van der Waals surface area contributed by atoms with Gasteiger partial charge in [-0.3, -0.25) is 0 Å². The molecule has 4 bridgehead atoms. The Morgan fingerprint density at radius 2 is 0.836 bits per heavy atom. The summed E-state index contributed by atoms with van der Waals surface area (Å²) in [4.78, 5) is 23.5. The maximum atomic E-state index is 13.7. The molecule has 0 spiro atoms. The summed E-state index contributed by atoms with van der Waals surface area (Å²) < 4.78 is 182. The van der Waals surface area contributed by atoms with Crippen molar-refractivity contribution in [2.75, 3.05) is 6.61 Å². The van der Waals surface area contributed by atoms with Crippen molar-refractivity contribution in [1.82, 2.24) is 0 Å². The summed E-state index contributed by atoms with van der Waals surface area (Å²) in [5.41, 5.74) is -11.3. The Kier molecular flexibility index (Phi) is 13.4. The van der Waals surface area contributed by atoms with E-state index in [1.807, 2.05) is 27.7 Å². The van der Waals surface area contributed by atoms with Crippen molar-refractivity contribution in [3.8, 4) is 0 Å². The Morgan fingerprint density at radius 1 is 0.491 bits per heavy atom. The lowest BCUT2D eigenvalue weighted by molar-refractivity contribution is -0.385. The first-order valence-electron chi connectivity index (χ1n) is 18.5. The number of halogens is 12. The first kappa shape index (κ1) is 47.2. The van der Waals surface area contributed by atoms with Crippen molar-refractivity contribution in [1.29, 1.82) is 0 Å². The normalized spacial score (nSPS) is 31.6. The van der Waals surface area contributed by atoms with Gasteiger partial charge in [0.05, 0.1) is 0 Å². The minimum atomic E-state index is -5.81. The molecule has 0 amide bonds. The fraction of sp³-hybridized carbons (Fsp3) is 0.946. The maximum Gasteiger partial charge on any atom is 0.510 e. The molecule has 4 fully saturated rings. The van der Waals surface area contributed by atoms with Gasteiger partial charge in [0.25, 0.3) is 5.60 Å². The van der Waals surface area contributed by atoms with E-state index in [4.69, 9.17) is 4.74 Å². The lowest BCUT2D eigenvalue weighted by Gasteiger charge is -2.41. The maximum absolute atomic E-state index is 13.7. The van der Waals surface area contributed by atoms with Gasteiger partial charge in [0.15, 0.2) is 0 Å². The van der Waals surface area contributed by atoms with E-state index >= 15 is 0 Å². The third-order valence-corrected chi connectivity index (χ3v) is 12.5. The van der Waals surface area contributed by atoms with Crippen LogP contribution in [-0.4, -0.2) is 65.8 Å². The van der Waals surface area contributed by atoms with Gasteiger partial charge in [0.1, 0.15) is 17.8 Å². The summed E-state index contributed by atoms with van der Waals surface area (Å²) >= 11 is 0. The van der Waals surface area contributed by atoms with Gasteiger partial charge in [-0.2, -0.15) is 52.7 Å². The van der Waals surface area contributed by atoms with Gasteiger partial charge in [-0.15, -0.1) is 0 Å². The van der Waals surface area contributed by atoms with Gasteiger partial charge in [-0.25, -0.2) is 9.59 Å². The highest BCUT2D eigenvalue weighted by atomic mass is 19.4. The number of fused-ring (bicyclic) bond motifs is 4. The number of hydrogen-bond acceptors (Lipinski definition) is 6. The van der Waals surface area contributed by atoms with Gasteiger partial charge in [0, 0.05) is 6.42 Å². The van der Waals surface area contributed by atoms with Crippen LogP contribution in [0.2, 0.25) is 0 Å². The summed E-state index contributed by atoms with van der Waals surface area (Å²) in [6.07, 6.45) is -25.7. The molecule has 0 heterocycles. The topological polar surface area (TPSA) is 71.1 Å². The molecule has 322 valence electrons. The van der Waals surface area contributed by atoms with Crippen molar-refractivity contribution in [3.05, 3.63) is 0 Å². The molecule has 0 radical (unpaired) electrons. The first-order valence-corrected chi connectivity index (χ1v) is 18.5. The molecule has 10 unspecified atom stereocenters. The van der Waals surface area contributed by atoms with E-state index in [0.29, 0.717) is 19.3 Å². The summed E-state index contributed by atoms with van der Waals surface area (Å²) in [5, 5.41) is 0. The minimum absolute atomic E-state index is 0.0365. The molecule has 0 aromatic carbocycles. The van der Waals surface area contributed by atoms with E-state index in [1.54, 1.807) is 0 Å². The highest BCUT2D eigenvalue weighted by Gasteiger charge is 2.76. The van der Waals surface area contributed by atoms with Crippen LogP contribution >= 0.6 is 0 Å². The molecule has 6 nitrogen and oxygen atoms in total. The lowest BCUT2D eigenvalue weighted by Crippen LogP contribution is -2.61. The van der Waals surface area contributed by atoms with Crippen LogP contribution in [0, 0.1) is 59.2 Å². The first-order chi connectivity index (χ1) is 24.5. The van der Waals surface area contributed by atoms with E-state index in [9.17, 15) is 62.3 Å². The van der Waals surface area contributed by atoms with Crippen LogP contribution in [0.15, 0.2) is 0 Å². The van der Waals surface area contributed by atoms with Crippen LogP contribution in [0.25, 0.3) is 0 Å². The summed E-state index contributed by atoms with van der Waals surface area (Å²) in [5.74, 6) is -2.37. The number of rotatable bonds is 8. The summed E-state index contributed by atoms with van der Waals surface area (Å²) in [6, 6.07) is 0. The van der Waals surface area contributed by atoms with Crippen molar-refractivity contribution in [2.24, 2.45) is 59.2 Å². The quantitative estimate of drug-likeness (QED) is 0.179. The van der Waals surface area contributed by atoms with E-state index in [2.05, 4.69) is 14.2 Å². The molecule has 4 aliphatic carbocycles. The van der Waals surface area contributed by atoms with Crippen molar-refractivity contribution < 1.29 is 81.2 Å². The Balaban J connectivity index is 0.000000296. The third-order valence-electron chi connectivity index (χ3n) is 12.5. The number of ether oxygens (including phenoxy) is 4. The van der Waals surface area contributed by atoms with E-state index in [-0.39, 0.29) is 53.8 Å². The van der Waals surface area contributed by atoms with Crippen LogP contribution in [-0.2, 0) is 23.7 Å². The van der Waals surface area contributed by atoms with Gasteiger partial charge < -0.3 is 18.9 Å².